The van der Waals surface area contributed by atoms with Gasteiger partial charge in [-0.05, 0) is 18.2 Å². The van der Waals surface area contributed by atoms with Gasteiger partial charge in [0.1, 0.15) is 22.9 Å². The maximum absolute atomic E-state index is 13.1. The van der Waals surface area contributed by atoms with Crippen molar-refractivity contribution in [2.45, 2.75) is 6.92 Å². The molecule has 0 aliphatic rings. The molecule has 6 heteroatoms. The average Bonchev–Trinajstić information content (AvgIpc) is 2.91. The van der Waals surface area contributed by atoms with Crippen LogP contribution in [0.5, 0.6) is 0 Å². The van der Waals surface area contributed by atoms with Gasteiger partial charge in [0.2, 0.25) is 0 Å². The van der Waals surface area contributed by atoms with Gasteiger partial charge in [-0.1, -0.05) is 0 Å². The molecule has 3 aromatic rings. The van der Waals surface area contributed by atoms with Gasteiger partial charge in [-0.2, -0.15) is 5.10 Å². The number of halogens is 1. The summed E-state index contributed by atoms with van der Waals surface area (Å²) < 4.78 is 16.3. The first-order valence-electron chi connectivity index (χ1n) is 5.74. The molecule has 0 aliphatic carbocycles. The number of imidazole rings is 1. The molecule has 0 N–H and O–H groups in total. The summed E-state index contributed by atoms with van der Waals surface area (Å²) in [6, 6.07) is 4.64. The van der Waals surface area contributed by atoms with Crippen LogP contribution in [0, 0.1) is 5.82 Å². The standard InChI is InChI=1S/C13H11FN4O/c1-8(19)10-5-12(17(2)16-10)11-7-18-6-9(14)3-4-13(18)15-11/h3-7H,1-2H3. The van der Waals surface area contributed by atoms with Crippen molar-refractivity contribution in [3.05, 3.63) is 42.1 Å². The first-order chi connectivity index (χ1) is 9.04. The molecule has 0 amide bonds. The van der Waals surface area contributed by atoms with Gasteiger partial charge in [-0.25, -0.2) is 9.37 Å². The molecule has 0 atom stereocenters. The highest BCUT2D eigenvalue weighted by Crippen LogP contribution is 2.20. The molecule has 96 valence electrons. The lowest BCUT2D eigenvalue weighted by molar-refractivity contribution is 0.101. The molecule has 0 saturated carbocycles. The minimum atomic E-state index is -0.328. The number of aromatic nitrogens is 4. The minimum Gasteiger partial charge on any atom is -0.303 e. The van der Waals surface area contributed by atoms with Gasteiger partial charge in [0.25, 0.3) is 0 Å². The Morgan fingerprint density at radius 3 is 2.79 bits per heavy atom. The van der Waals surface area contributed by atoms with Crippen LogP contribution in [0.4, 0.5) is 4.39 Å². The Balaban J connectivity index is 2.16. The van der Waals surface area contributed by atoms with Gasteiger partial charge >= 0.3 is 0 Å². The number of hydrogen-bond acceptors (Lipinski definition) is 3. The number of pyridine rings is 1. The number of Topliss-reactive ketones (excluding diaryl/α,β-unsaturated/α-hetero) is 1. The van der Waals surface area contributed by atoms with Crippen LogP contribution >= 0.6 is 0 Å². The molecular weight excluding hydrogens is 247 g/mol. The van der Waals surface area contributed by atoms with Crippen molar-refractivity contribution in [2.24, 2.45) is 7.05 Å². The Bertz CT molecular complexity index is 787. The number of ketones is 1. The predicted octanol–water partition coefficient (Wildman–Crippen LogP) is 2.08. The predicted molar refractivity (Wildman–Crippen MR) is 67.4 cm³/mol. The van der Waals surface area contributed by atoms with Gasteiger partial charge < -0.3 is 4.40 Å². The van der Waals surface area contributed by atoms with Crippen molar-refractivity contribution >= 4 is 11.4 Å². The van der Waals surface area contributed by atoms with Crippen molar-refractivity contribution in [2.75, 3.05) is 0 Å². The van der Waals surface area contributed by atoms with Gasteiger partial charge in [-0.3, -0.25) is 9.48 Å². The normalized spacial score (nSPS) is 11.1. The Labute approximate surface area is 108 Å². The summed E-state index contributed by atoms with van der Waals surface area (Å²) in [5, 5.41) is 4.12. The molecule has 0 aromatic carbocycles. The zero-order valence-corrected chi connectivity index (χ0v) is 10.5. The zero-order chi connectivity index (χ0) is 13.6. The summed E-state index contributed by atoms with van der Waals surface area (Å²) >= 11 is 0. The third-order valence-electron chi connectivity index (χ3n) is 2.92. The van der Waals surface area contributed by atoms with Crippen LogP contribution in [0.2, 0.25) is 0 Å². The third kappa shape index (κ3) is 1.91. The van der Waals surface area contributed by atoms with E-state index in [0.29, 0.717) is 22.7 Å². The second-order valence-electron chi connectivity index (χ2n) is 4.33. The number of fused-ring (bicyclic) bond motifs is 1. The molecule has 0 radical (unpaired) electrons. The van der Waals surface area contributed by atoms with E-state index in [2.05, 4.69) is 10.1 Å². The first kappa shape index (κ1) is 11.6. The molecule has 5 nitrogen and oxygen atoms in total. The SMILES string of the molecule is CC(=O)c1cc(-c2cn3cc(F)ccc3n2)n(C)n1. The average molecular weight is 258 g/mol. The topological polar surface area (TPSA) is 52.2 Å². The first-order valence-corrected chi connectivity index (χ1v) is 5.74. The van der Waals surface area contributed by atoms with Crippen molar-refractivity contribution in [3.63, 3.8) is 0 Å². The third-order valence-corrected chi connectivity index (χ3v) is 2.92. The molecule has 19 heavy (non-hydrogen) atoms. The lowest BCUT2D eigenvalue weighted by Gasteiger charge is -1.94. The van der Waals surface area contributed by atoms with Gasteiger partial charge in [0.05, 0.1) is 5.69 Å². The van der Waals surface area contributed by atoms with Crippen molar-refractivity contribution in [1.82, 2.24) is 19.2 Å². The van der Waals surface area contributed by atoms with Crippen molar-refractivity contribution in [1.29, 1.82) is 0 Å². The van der Waals surface area contributed by atoms with Crippen molar-refractivity contribution in [3.8, 4) is 11.4 Å². The summed E-state index contributed by atoms with van der Waals surface area (Å²) in [6.07, 6.45) is 3.06. The molecule has 3 heterocycles. The molecule has 3 aromatic heterocycles. The zero-order valence-electron chi connectivity index (χ0n) is 10.5. The lowest BCUT2D eigenvalue weighted by atomic mass is 10.2. The Morgan fingerprint density at radius 1 is 1.32 bits per heavy atom. The summed E-state index contributed by atoms with van der Waals surface area (Å²) in [5.41, 5.74) is 2.39. The maximum Gasteiger partial charge on any atom is 0.180 e. The van der Waals surface area contributed by atoms with E-state index in [1.807, 2.05) is 0 Å². The van der Waals surface area contributed by atoms with Crippen LogP contribution in [0.3, 0.4) is 0 Å². The van der Waals surface area contributed by atoms with Crippen molar-refractivity contribution < 1.29 is 9.18 Å². The molecular formula is C13H11FN4O. The number of aryl methyl sites for hydroxylation is 1. The van der Waals surface area contributed by atoms with E-state index in [9.17, 15) is 9.18 Å². The maximum atomic E-state index is 13.1. The number of nitrogens with zero attached hydrogens (tertiary/aromatic N) is 4. The van der Waals surface area contributed by atoms with Crippen LogP contribution < -0.4 is 0 Å². The molecule has 0 bridgehead atoms. The van der Waals surface area contributed by atoms with E-state index in [1.54, 1.807) is 34.5 Å². The van der Waals surface area contributed by atoms with E-state index in [0.717, 1.165) is 0 Å². The summed E-state index contributed by atoms with van der Waals surface area (Å²) in [6.45, 7) is 1.46. The van der Waals surface area contributed by atoms with Gasteiger partial charge in [-0.15, -0.1) is 0 Å². The minimum absolute atomic E-state index is 0.100. The van der Waals surface area contributed by atoms with E-state index in [1.165, 1.54) is 19.2 Å². The van der Waals surface area contributed by atoms with Crippen LogP contribution in [0.15, 0.2) is 30.6 Å². The Kier molecular flexibility index (Phi) is 2.45. The number of rotatable bonds is 2. The largest absolute Gasteiger partial charge is 0.303 e. The Hall–Kier alpha value is -2.50. The number of carbonyl (C=O) groups is 1. The second kappa shape index (κ2) is 4.01. The monoisotopic (exact) mass is 258 g/mol. The van der Waals surface area contributed by atoms with E-state index < -0.39 is 0 Å². The second-order valence-corrected chi connectivity index (χ2v) is 4.33. The summed E-state index contributed by atoms with van der Waals surface area (Å²) in [7, 11) is 1.74. The van der Waals surface area contributed by atoms with Gasteiger partial charge in [0, 0.05) is 26.4 Å². The smallest absolute Gasteiger partial charge is 0.180 e. The van der Waals surface area contributed by atoms with E-state index >= 15 is 0 Å². The van der Waals surface area contributed by atoms with Crippen LogP contribution in [0.25, 0.3) is 17.0 Å². The molecule has 3 rings (SSSR count). The Morgan fingerprint density at radius 2 is 2.11 bits per heavy atom. The highest BCUT2D eigenvalue weighted by Gasteiger charge is 2.13. The lowest BCUT2D eigenvalue weighted by Crippen LogP contribution is -1.97. The fourth-order valence-electron chi connectivity index (χ4n) is 1.97. The molecule has 0 unspecified atom stereocenters. The molecule has 0 fully saturated rings. The number of carbonyl (C=O) groups excluding carboxylic acids is 1. The highest BCUT2D eigenvalue weighted by molar-refractivity contribution is 5.93. The van der Waals surface area contributed by atoms with E-state index in [-0.39, 0.29) is 11.6 Å². The quantitative estimate of drug-likeness (QED) is 0.661. The fraction of sp³-hybridized carbons (Fsp3) is 0.154. The summed E-state index contributed by atoms with van der Waals surface area (Å²) in [4.78, 5) is 15.7. The number of hydrogen-bond donors (Lipinski definition) is 0. The van der Waals surface area contributed by atoms with Crippen LogP contribution in [-0.4, -0.2) is 24.9 Å². The van der Waals surface area contributed by atoms with Crippen LogP contribution in [0.1, 0.15) is 17.4 Å². The molecule has 0 aliphatic heterocycles. The highest BCUT2D eigenvalue weighted by atomic mass is 19.1. The fourth-order valence-corrected chi connectivity index (χ4v) is 1.97. The molecule has 0 spiro atoms. The van der Waals surface area contributed by atoms with Gasteiger partial charge in [0.15, 0.2) is 5.78 Å². The summed E-state index contributed by atoms with van der Waals surface area (Å²) in [5.74, 6) is -0.428. The van der Waals surface area contributed by atoms with Crippen LogP contribution in [-0.2, 0) is 7.05 Å². The molecule has 0 saturated heterocycles. The van der Waals surface area contributed by atoms with E-state index in [4.69, 9.17) is 0 Å².